The third-order valence-corrected chi connectivity index (χ3v) is 3.87. The largest absolute Gasteiger partial charge is 0.492 e. The zero-order valence-corrected chi connectivity index (χ0v) is 13.3. The first-order chi connectivity index (χ1) is 10.3. The Morgan fingerprint density at radius 2 is 2.19 bits per heavy atom. The van der Waals surface area contributed by atoms with Crippen LogP contribution in [0, 0.1) is 0 Å². The molecule has 1 aromatic rings. The molecule has 118 valence electrons. The van der Waals surface area contributed by atoms with E-state index in [0.717, 1.165) is 45.1 Å². The summed E-state index contributed by atoms with van der Waals surface area (Å²) in [5.41, 5.74) is 1.21. The molecule has 1 aromatic carbocycles. The van der Waals surface area contributed by atoms with Gasteiger partial charge in [0.1, 0.15) is 12.4 Å². The van der Waals surface area contributed by atoms with E-state index < -0.39 is 0 Å². The Hall–Kier alpha value is -1.10. The van der Waals surface area contributed by atoms with Gasteiger partial charge in [-0.1, -0.05) is 18.2 Å². The summed E-state index contributed by atoms with van der Waals surface area (Å²) in [7, 11) is 1.96. The predicted octanol–water partition coefficient (Wildman–Crippen LogP) is 2.29. The minimum absolute atomic E-state index is 0.403. The van der Waals surface area contributed by atoms with Crippen LogP contribution in [0.15, 0.2) is 24.3 Å². The first-order valence-electron chi connectivity index (χ1n) is 8.02. The molecule has 0 aliphatic carbocycles. The summed E-state index contributed by atoms with van der Waals surface area (Å²) in [5, 5.41) is 3.18. The van der Waals surface area contributed by atoms with Crippen LogP contribution in [0.1, 0.15) is 25.3 Å². The van der Waals surface area contributed by atoms with Gasteiger partial charge in [0.05, 0.1) is 6.10 Å². The molecule has 21 heavy (non-hydrogen) atoms. The third kappa shape index (κ3) is 5.30. The first kappa shape index (κ1) is 16.3. The average Bonchev–Trinajstić information content (AvgIpc) is 2.50. The lowest BCUT2D eigenvalue weighted by molar-refractivity contribution is 0.00301. The van der Waals surface area contributed by atoms with Crippen molar-refractivity contribution in [3.63, 3.8) is 0 Å². The summed E-state index contributed by atoms with van der Waals surface area (Å²) in [6.45, 7) is 7.62. The topological polar surface area (TPSA) is 33.7 Å². The van der Waals surface area contributed by atoms with Gasteiger partial charge in [0.15, 0.2) is 0 Å². The minimum atomic E-state index is 0.403. The summed E-state index contributed by atoms with van der Waals surface area (Å²) < 4.78 is 11.7. The molecule has 4 heteroatoms. The lowest BCUT2D eigenvalue weighted by Gasteiger charge is -2.32. The molecule has 1 heterocycles. The second kappa shape index (κ2) is 9.03. The minimum Gasteiger partial charge on any atom is -0.492 e. The highest BCUT2D eigenvalue weighted by Gasteiger charge is 2.19. The molecular weight excluding hydrogens is 264 g/mol. The van der Waals surface area contributed by atoms with Crippen LogP contribution in [0.25, 0.3) is 0 Å². The third-order valence-electron chi connectivity index (χ3n) is 3.87. The fraction of sp³-hybridized carbons (Fsp3) is 0.647. The molecule has 0 bridgehead atoms. The molecule has 4 nitrogen and oxygen atoms in total. The highest BCUT2D eigenvalue weighted by Crippen LogP contribution is 2.18. The summed E-state index contributed by atoms with van der Waals surface area (Å²) in [6, 6.07) is 8.24. The maximum absolute atomic E-state index is 5.97. The molecule has 0 aromatic heterocycles. The summed E-state index contributed by atoms with van der Waals surface area (Å²) >= 11 is 0. The smallest absolute Gasteiger partial charge is 0.123 e. The van der Waals surface area contributed by atoms with Crippen LogP contribution >= 0.6 is 0 Å². The summed E-state index contributed by atoms with van der Waals surface area (Å²) in [4.78, 5) is 2.45. The fourth-order valence-electron chi connectivity index (χ4n) is 2.85. The van der Waals surface area contributed by atoms with Gasteiger partial charge in [0.2, 0.25) is 0 Å². The van der Waals surface area contributed by atoms with Gasteiger partial charge in [-0.05, 0) is 39.4 Å². The molecule has 0 spiro atoms. The van der Waals surface area contributed by atoms with E-state index in [1.165, 1.54) is 18.4 Å². The Labute approximate surface area is 128 Å². The normalized spacial score (nSPS) is 19.6. The first-order valence-corrected chi connectivity index (χ1v) is 8.02. The second-order valence-electron chi connectivity index (χ2n) is 5.51. The maximum Gasteiger partial charge on any atom is 0.123 e. The van der Waals surface area contributed by atoms with Crippen molar-refractivity contribution in [2.45, 2.75) is 32.4 Å². The Balaban J connectivity index is 1.76. The van der Waals surface area contributed by atoms with Crippen LogP contribution < -0.4 is 10.1 Å². The molecular formula is C17H28N2O2. The van der Waals surface area contributed by atoms with Crippen molar-refractivity contribution >= 4 is 0 Å². The number of benzene rings is 1. The van der Waals surface area contributed by atoms with Gasteiger partial charge in [-0.2, -0.15) is 0 Å². The van der Waals surface area contributed by atoms with Gasteiger partial charge in [0, 0.05) is 31.8 Å². The fourth-order valence-corrected chi connectivity index (χ4v) is 2.85. The van der Waals surface area contributed by atoms with Gasteiger partial charge in [-0.25, -0.2) is 0 Å². The number of rotatable bonds is 8. The van der Waals surface area contributed by atoms with E-state index in [0.29, 0.717) is 6.10 Å². The number of hydrogen-bond donors (Lipinski definition) is 1. The molecule has 0 amide bonds. The van der Waals surface area contributed by atoms with E-state index in [1.54, 1.807) is 0 Å². The van der Waals surface area contributed by atoms with Crippen molar-refractivity contribution < 1.29 is 9.47 Å². The molecule has 1 unspecified atom stereocenters. The molecule has 0 saturated carbocycles. The van der Waals surface area contributed by atoms with Crippen molar-refractivity contribution in [1.82, 2.24) is 10.2 Å². The zero-order chi connectivity index (χ0) is 14.9. The lowest BCUT2D eigenvalue weighted by atomic mass is 10.1. The number of ether oxygens (including phenoxy) is 2. The van der Waals surface area contributed by atoms with E-state index in [-0.39, 0.29) is 0 Å². The quantitative estimate of drug-likeness (QED) is 0.797. The molecule has 1 aliphatic rings. The Morgan fingerprint density at radius 3 is 3.00 bits per heavy atom. The predicted molar refractivity (Wildman–Crippen MR) is 85.8 cm³/mol. The molecule has 1 saturated heterocycles. The van der Waals surface area contributed by atoms with Crippen molar-refractivity contribution in [3.05, 3.63) is 29.8 Å². The van der Waals surface area contributed by atoms with Crippen molar-refractivity contribution in [2.24, 2.45) is 0 Å². The van der Waals surface area contributed by atoms with E-state index in [1.807, 2.05) is 19.2 Å². The van der Waals surface area contributed by atoms with Crippen LogP contribution in [0.5, 0.6) is 5.75 Å². The van der Waals surface area contributed by atoms with Gasteiger partial charge in [0.25, 0.3) is 0 Å². The van der Waals surface area contributed by atoms with Crippen molar-refractivity contribution in [2.75, 3.05) is 39.9 Å². The number of para-hydroxylation sites is 1. The average molecular weight is 292 g/mol. The van der Waals surface area contributed by atoms with Gasteiger partial charge >= 0.3 is 0 Å². The van der Waals surface area contributed by atoms with Gasteiger partial charge in [-0.3, -0.25) is 4.90 Å². The van der Waals surface area contributed by atoms with Crippen molar-refractivity contribution in [3.8, 4) is 5.75 Å². The van der Waals surface area contributed by atoms with E-state index in [4.69, 9.17) is 9.47 Å². The van der Waals surface area contributed by atoms with E-state index >= 15 is 0 Å². The monoisotopic (exact) mass is 292 g/mol. The van der Waals surface area contributed by atoms with Gasteiger partial charge in [-0.15, -0.1) is 0 Å². The Kier molecular flexibility index (Phi) is 7.00. The highest BCUT2D eigenvalue weighted by atomic mass is 16.5. The van der Waals surface area contributed by atoms with Crippen LogP contribution in [0.2, 0.25) is 0 Å². The van der Waals surface area contributed by atoms with Crippen LogP contribution in [-0.4, -0.2) is 50.9 Å². The molecule has 1 N–H and O–H groups in total. The molecule has 1 aliphatic heterocycles. The lowest BCUT2D eigenvalue weighted by Crippen LogP contribution is -2.41. The summed E-state index contributed by atoms with van der Waals surface area (Å²) in [5.74, 6) is 0.991. The standard InChI is InChI=1S/C17H28N2O2/c1-3-20-16-8-6-10-19(14-16)11-12-21-17-9-5-4-7-15(17)13-18-2/h4-5,7,9,16,18H,3,6,8,10-14H2,1-2H3. The second-order valence-corrected chi connectivity index (χ2v) is 5.51. The van der Waals surface area contributed by atoms with Crippen LogP contribution in [0.3, 0.4) is 0 Å². The van der Waals surface area contributed by atoms with Crippen LogP contribution in [0.4, 0.5) is 0 Å². The zero-order valence-electron chi connectivity index (χ0n) is 13.3. The number of nitrogens with zero attached hydrogens (tertiary/aromatic N) is 1. The highest BCUT2D eigenvalue weighted by molar-refractivity contribution is 5.33. The molecule has 1 atom stereocenters. The van der Waals surface area contributed by atoms with E-state index in [9.17, 15) is 0 Å². The van der Waals surface area contributed by atoms with Gasteiger partial charge < -0.3 is 14.8 Å². The number of hydrogen-bond acceptors (Lipinski definition) is 4. The molecule has 0 radical (unpaired) electrons. The molecule has 1 fully saturated rings. The van der Waals surface area contributed by atoms with Crippen LogP contribution in [-0.2, 0) is 11.3 Å². The SMILES string of the molecule is CCOC1CCCN(CCOc2ccccc2CNC)C1. The number of likely N-dealkylation sites (tertiary alicyclic amines) is 1. The van der Waals surface area contributed by atoms with Crippen molar-refractivity contribution in [1.29, 1.82) is 0 Å². The molecule has 2 rings (SSSR count). The van der Waals surface area contributed by atoms with E-state index in [2.05, 4.69) is 29.3 Å². The number of piperidine rings is 1. The Morgan fingerprint density at radius 1 is 1.33 bits per heavy atom. The Bertz CT molecular complexity index is 410. The number of nitrogens with one attached hydrogen (secondary N) is 1. The maximum atomic E-state index is 5.97. The summed E-state index contributed by atoms with van der Waals surface area (Å²) in [6.07, 6.45) is 2.82.